The highest BCUT2D eigenvalue weighted by molar-refractivity contribution is 5.94. The molecule has 5 heteroatoms. The Morgan fingerprint density at radius 3 is 2.68 bits per heavy atom. The molecule has 0 saturated heterocycles. The average Bonchev–Trinajstić information content (AvgIpc) is 2.81. The Bertz CT molecular complexity index is 515. The number of hydrogen-bond acceptors (Lipinski definition) is 2. The summed E-state index contributed by atoms with van der Waals surface area (Å²) in [6.07, 6.45) is 1.72. The third kappa shape index (κ3) is 3.10. The largest absolute Gasteiger partial charge is 0.481 e. The number of aliphatic carboxylic acids is 1. The smallest absolute Gasteiger partial charge is 0.306 e. The van der Waals surface area contributed by atoms with E-state index >= 15 is 0 Å². The molecule has 1 aliphatic rings. The first kappa shape index (κ1) is 13.5. The fourth-order valence-electron chi connectivity index (χ4n) is 2.39. The summed E-state index contributed by atoms with van der Waals surface area (Å²) in [6.45, 7) is 1.60. The first-order valence-corrected chi connectivity index (χ1v) is 6.27. The molecule has 1 aromatic rings. The number of carbonyl (C=O) groups is 2. The SMILES string of the molecule is Cc1cc(C(=O)NC2CCC(C(=O)O)C2)ccc1F. The van der Waals surface area contributed by atoms with Crippen molar-refractivity contribution in [1.29, 1.82) is 0 Å². The van der Waals surface area contributed by atoms with Crippen LogP contribution in [0.15, 0.2) is 18.2 Å². The molecule has 1 saturated carbocycles. The van der Waals surface area contributed by atoms with Crippen LogP contribution in [0.1, 0.15) is 35.2 Å². The zero-order valence-corrected chi connectivity index (χ0v) is 10.6. The van der Waals surface area contributed by atoms with Gasteiger partial charge in [-0.2, -0.15) is 0 Å². The van der Waals surface area contributed by atoms with Crippen LogP contribution in [0.2, 0.25) is 0 Å². The van der Waals surface area contributed by atoms with Gasteiger partial charge in [-0.1, -0.05) is 0 Å². The lowest BCUT2D eigenvalue weighted by Gasteiger charge is -2.12. The minimum atomic E-state index is -0.811. The van der Waals surface area contributed by atoms with Crippen molar-refractivity contribution in [3.8, 4) is 0 Å². The maximum Gasteiger partial charge on any atom is 0.306 e. The molecule has 1 aromatic carbocycles. The molecular weight excluding hydrogens is 249 g/mol. The van der Waals surface area contributed by atoms with Crippen LogP contribution >= 0.6 is 0 Å². The third-order valence-electron chi connectivity index (χ3n) is 3.54. The van der Waals surface area contributed by atoms with Gasteiger partial charge >= 0.3 is 5.97 Å². The van der Waals surface area contributed by atoms with Crippen LogP contribution in [0, 0.1) is 18.7 Å². The lowest BCUT2D eigenvalue weighted by Crippen LogP contribution is -2.33. The fraction of sp³-hybridized carbons (Fsp3) is 0.429. The monoisotopic (exact) mass is 265 g/mol. The van der Waals surface area contributed by atoms with Crippen LogP contribution in [0.3, 0.4) is 0 Å². The molecule has 0 bridgehead atoms. The van der Waals surface area contributed by atoms with E-state index in [1.807, 2.05) is 0 Å². The molecule has 0 aliphatic heterocycles. The summed E-state index contributed by atoms with van der Waals surface area (Å²) in [4.78, 5) is 22.8. The first-order valence-electron chi connectivity index (χ1n) is 6.27. The lowest BCUT2D eigenvalue weighted by atomic mass is 10.1. The van der Waals surface area contributed by atoms with Gasteiger partial charge in [-0.3, -0.25) is 9.59 Å². The summed E-state index contributed by atoms with van der Waals surface area (Å²) in [7, 11) is 0. The van der Waals surface area contributed by atoms with E-state index in [1.165, 1.54) is 18.2 Å². The molecule has 102 valence electrons. The summed E-state index contributed by atoms with van der Waals surface area (Å²) in [5.41, 5.74) is 0.820. The van der Waals surface area contributed by atoms with Gasteiger partial charge in [-0.15, -0.1) is 0 Å². The van der Waals surface area contributed by atoms with Gasteiger partial charge in [-0.25, -0.2) is 4.39 Å². The van der Waals surface area contributed by atoms with Gasteiger partial charge in [0.1, 0.15) is 5.82 Å². The molecule has 1 fully saturated rings. The summed E-state index contributed by atoms with van der Waals surface area (Å²) < 4.78 is 13.1. The van der Waals surface area contributed by atoms with Crippen molar-refractivity contribution >= 4 is 11.9 Å². The molecule has 1 amide bonds. The van der Waals surface area contributed by atoms with E-state index in [1.54, 1.807) is 6.92 Å². The van der Waals surface area contributed by atoms with E-state index < -0.39 is 5.97 Å². The molecule has 0 radical (unpaired) electrons. The predicted octanol–water partition coefficient (Wildman–Crippen LogP) is 2.12. The van der Waals surface area contributed by atoms with Gasteiger partial charge in [0.15, 0.2) is 0 Å². The standard InChI is InChI=1S/C14H16FNO3/c1-8-6-9(3-5-12(8)15)13(17)16-11-4-2-10(7-11)14(18)19/h3,5-6,10-11H,2,4,7H2,1H3,(H,16,17)(H,18,19). The fourth-order valence-corrected chi connectivity index (χ4v) is 2.39. The van der Waals surface area contributed by atoms with Crippen molar-refractivity contribution < 1.29 is 19.1 Å². The number of nitrogens with one attached hydrogen (secondary N) is 1. The first-order chi connectivity index (χ1) is 8.97. The Labute approximate surface area is 110 Å². The normalized spacial score (nSPS) is 22.2. The van der Waals surface area contributed by atoms with Gasteiger partial charge in [0.05, 0.1) is 5.92 Å². The molecule has 19 heavy (non-hydrogen) atoms. The number of halogens is 1. The molecule has 2 atom stereocenters. The van der Waals surface area contributed by atoms with Gasteiger partial charge < -0.3 is 10.4 Å². The summed E-state index contributed by atoms with van der Waals surface area (Å²) in [6, 6.07) is 4.08. The minimum absolute atomic E-state index is 0.112. The Hall–Kier alpha value is -1.91. The van der Waals surface area contributed by atoms with E-state index in [-0.39, 0.29) is 23.7 Å². The van der Waals surface area contributed by atoms with Crippen molar-refractivity contribution in [2.45, 2.75) is 32.2 Å². The second-order valence-corrected chi connectivity index (χ2v) is 4.98. The quantitative estimate of drug-likeness (QED) is 0.879. The molecule has 2 N–H and O–H groups in total. The van der Waals surface area contributed by atoms with Crippen molar-refractivity contribution in [2.75, 3.05) is 0 Å². The van der Waals surface area contributed by atoms with E-state index in [4.69, 9.17) is 5.11 Å². The maximum absolute atomic E-state index is 13.1. The average molecular weight is 265 g/mol. The van der Waals surface area contributed by atoms with Crippen LogP contribution in [0.25, 0.3) is 0 Å². The second-order valence-electron chi connectivity index (χ2n) is 4.98. The molecule has 0 spiro atoms. The van der Waals surface area contributed by atoms with Crippen molar-refractivity contribution in [3.63, 3.8) is 0 Å². The highest BCUT2D eigenvalue weighted by atomic mass is 19.1. The molecule has 2 unspecified atom stereocenters. The molecule has 0 heterocycles. The van der Waals surface area contributed by atoms with Crippen LogP contribution in [-0.2, 0) is 4.79 Å². The number of rotatable bonds is 3. The highest BCUT2D eigenvalue weighted by Gasteiger charge is 2.30. The van der Waals surface area contributed by atoms with E-state index in [9.17, 15) is 14.0 Å². The Morgan fingerprint density at radius 1 is 1.37 bits per heavy atom. The predicted molar refractivity (Wildman–Crippen MR) is 67.4 cm³/mol. The van der Waals surface area contributed by atoms with Gasteiger partial charge in [0.2, 0.25) is 0 Å². The van der Waals surface area contributed by atoms with Gasteiger partial charge in [-0.05, 0) is 49.9 Å². The highest BCUT2D eigenvalue weighted by Crippen LogP contribution is 2.25. The Morgan fingerprint density at radius 2 is 2.11 bits per heavy atom. The minimum Gasteiger partial charge on any atom is -0.481 e. The van der Waals surface area contributed by atoms with Crippen LogP contribution in [0.5, 0.6) is 0 Å². The summed E-state index contributed by atoms with van der Waals surface area (Å²) in [5, 5.41) is 11.7. The van der Waals surface area contributed by atoms with Gasteiger partial charge in [0.25, 0.3) is 5.91 Å². The maximum atomic E-state index is 13.1. The number of carboxylic acids is 1. The zero-order chi connectivity index (χ0) is 14.0. The van der Waals surface area contributed by atoms with Gasteiger partial charge in [0, 0.05) is 11.6 Å². The third-order valence-corrected chi connectivity index (χ3v) is 3.54. The molecule has 4 nitrogen and oxygen atoms in total. The summed E-state index contributed by atoms with van der Waals surface area (Å²) in [5.74, 6) is -1.81. The molecule has 1 aliphatic carbocycles. The van der Waals surface area contributed by atoms with Crippen LogP contribution < -0.4 is 5.32 Å². The number of carboxylic acid groups (broad SMARTS) is 1. The van der Waals surface area contributed by atoms with Crippen LogP contribution in [-0.4, -0.2) is 23.0 Å². The topological polar surface area (TPSA) is 66.4 Å². The number of benzene rings is 1. The lowest BCUT2D eigenvalue weighted by molar-refractivity contribution is -0.141. The molecule has 2 rings (SSSR count). The second kappa shape index (κ2) is 5.38. The molecule has 0 aromatic heterocycles. The van der Waals surface area contributed by atoms with Crippen molar-refractivity contribution in [1.82, 2.24) is 5.32 Å². The van der Waals surface area contributed by atoms with Crippen molar-refractivity contribution in [2.24, 2.45) is 5.92 Å². The zero-order valence-electron chi connectivity index (χ0n) is 10.6. The summed E-state index contributed by atoms with van der Waals surface area (Å²) >= 11 is 0. The van der Waals surface area contributed by atoms with Crippen LogP contribution in [0.4, 0.5) is 4.39 Å². The number of aryl methyl sites for hydroxylation is 1. The van der Waals surface area contributed by atoms with Crippen molar-refractivity contribution in [3.05, 3.63) is 35.1 Å². The number of carbonyl (C=O) groups excluding carboxylic acids is 1. The van der Waals surface area contributed by atoms with E-state index in [0.717, 1.165) is 0 Å². The molecular formula is C14H16FNO3. The Balaban J connectivity index is 1.98. The number of amides is 1. The van der Waals surface area contributed by atoms with E-state index in [2.05, 4.69) is 5.32 Å². The Kier molecular flexibility index (Phi) is 3.83. The van der Waals surface area contributed by atoms with E-state index in [0.29, 0.717) is 30.4 Å². The number of hydrogen-bond donors (Lipinski definition) is 2.